The molecule has 31 heavy (non-hydrogen) atoms. The van der Waals surface area contributed by atoms with Crippen LogP contribution in [0.15, 0.2) is 52.9 Å². The zero-order valence-corrected chi connectivity index (χ0v) is 19.2. The molecular weight excluding hydrogens is 414 g/mol. The van der Waals surface area contributed by atoms with Gasteiger partial charge in [0.05, 0.1) is 24.2 Å². The van der Waals surface area contributed by atoms with Gasteiger partial charge in [0, 0.05) is 6.42 Å². The van der Waals surface area contributed by atoms with Gasteiger partial charge in [-0.3, -0.25) is 9.10 Å². The Kier molecular flexibility index (Phi) is 7.05. The lowest BCUT2D eigenvalue weighted by Crippen LogP contribution is -2.43. The van der Waals surface area contributed by atoms with Crippen molar-refractivity contribution in [2.45, 2.75) is 51.0 Å². The summed E-state index contributed by atoms with van der Waals surface area (Å²) in [5.74, 6) is 0.140. The van der Waals surface area contributed by atoms with E-state index in [1.54, 1.807) is 24.3 Å². The average molecular weight is 444 g/mol. The number of methoxy groups -OCH3 is 1. The number of esters is 1. The number of sulfonamides is 1. The maximum Gasteiger partial charge on any atom is 0.305 e. The molecule has 6 nitrogen and oxygen atoms in total. The van der Waals surface area contributed by atoms with E-state index >= 15 is 0 Å². The zero-order valence-electron chi connectivity index (χ0n) is 18.4. The monoisotopic (exact) mass is 443 g/mol. The van der Waals surface area contributed by atoms with Crippen molar-refractivity contribution in [1.82, 2.24) is 0 Å². The number of fused-ring (bicyclic) bond motifs is 1. The molecule has 1 aliphatic rings. The fourth-order valence-corrected chi connectivity index (χ4v) is 5.07. The highest BCUT2D eigenvalue weighted by molar-refractivity contribution is 7.92. The third-order valence-corrected chi connectivity index (χ3v) is 7.14. The Labute approximate surface area is 184 Å². The third-order valence-electron chi connectivity index (χ3n) is 5.36. The number of aryl methyl sites for hydroxylation is 1. The average Bonchev–Trinajstić information content (AvgIpc) is 2.76. The second-order valence-electron chi connectivity index (χ2n) is 7.78. The molecule has 0 unspecified atom stereocenters. The van der Waals surface area contributed by atoms with Crippen molar-refractivity contribution in [2.24, 2.45) is 0 Å². The van der Waals surface area contributed by atoms with Gasteiger partial charge in [0.25, 0.3) is 10.0 Å². The molecule has 2 aromatic carbocycles. The molecule has 0 spiro atoms. The van der Waals surface area contributed by atoms with E-state index in [-0.39, 0.29) is 23.8 Å². The smallest absolute Gasteiger partial charge is 0.305 e. The first-order valence-electron chi connectivity index (χ1n) is 10.4. The summed E-state index contributed by atoms with van der Waals surface area (Å²) in [6.07, 6.45) is 3.02. The maximum absolute atomic E-state index is 13.6. The predicted octanol–water partition coefficient (Wildman–Crippen LogP) is 4.72. The number of rotatable bonds is 7. The topological polar surface area (TPSA) is 72.9 Å². The molecule has 0 aromatic heterocycles. The SMILES string of the molecule is CC/C(C)=C\c1ccc2c(c1)N(S(=O)(=O)c1cccc(C)c1)C[C@H](CCC(=O)OC)O2. The van der Waals surface area contributed by atoms with Crippen molar-refractivity contribution < 1.29 is 22.7 Å². The minimum atomic E-state index is -3.81. The lowest BCUT2D eigenvalue weighted by molar-refractivity contribution is -0.141. The summed E-state index contributed by atoms with van der Waals surface area (Å²) in [5, 5.41) is 0. The van der Waals surface area contributed by atoms with Crippen LogP contribution in [0.5, 0.6) is 5.75 Å². The highest BCUT2D eigenvalue weighted by Crippen LogP contribution is 2.39. The van der Waals surface area contributed by atoms with E-state index in [0.717, 1.165) is 17.5 Å². The Balaban J connectivity index is 2.04. The molecule has 0 amide bonds. The third kappa shape index (κ3) is 5.28. The van der Waals surface area contributed by atoms with E-state index in [9.17, 15) is 13.2 Å². The van der Waals surface area contributed by atoms with Crippen LogP contribution in [0, 0.1) is 6.92 Å². The molecule has 0 saturated heterocycles. The molecule has 7 heteroatoms. The quantitative estimate of drug-likeness (QED) is 0.579. The van der Waals surface area contributed by atoms with Crippen molar-refractivity contribution in [2.75, 3.05) is 18.0 Å². The molecule has 0 fully saturated rings. The van der Waals surface area contributed by atoms with Crippen LogP contribution >= 0.6 is 0 Å². The molecule has 2 aromatic rings. The van der Waals surface area contributed by atoms with E-state index in [4.69, 9.17) is 9.47 Å². The van der Waals surface area contributed by atoms with Gasteiger partial charge < -0.3 is 9.47 Å². The van der Waals surface area contributed by atoms with Crippen LogP contribution in [0.25, 0.3) is 6.08 Å². The van der Waals surface area contributed by atoms with Crippen LogP contribution < -0.4 is 9.04 Å². The normalized spacial score (nSPS) is 16.5. The summed E-state index contributed by atoms with van der Waals surface area (Å²) in [6.45, 7) is 6.11. The van der Waals surface area contributed by atoms with E-state index in [0.29, 0.717) is 17.9 Å². The number of carbonyl (C=O) groups excluding carboxylic acids is 1. The van der Waals surface area contributed by atoms with Gasteiger partial charge in [0.2, 0.25) is 0 Å². The molecular formula is C24H29NO5S. The van der Waals surface area contributed by atoms with Gasteiger partial charge in [-0.2, -0.15) is 0 Å². The van der Waals surface area contributed by atoms with Gasteiger partial charge in [0.15, 0.2) is 0 Å². The van der Waals surface area contributed by atoms with Crippen LogP contribution in [0.4, 0.5) is 5.69 Å². The highest BCUT2D eigenvalue weighted by atomic mass is 32.2. The molecule has 0 N–H and O–H groups in total. The van der Waals surface area contributed by atoms with Gasteiger partial charge in [-0.25, -0.2) is 8.42 Å². The van der Waals surface area contributed by atoms with Crippen LogP contribution in [0.1, 0.15) is 44.2 Å². The van der Waals surface area contributed by atoms with Gasteiger partial charge in [-0.05, 0) is 62.1 Å². The summed E-state index contributed by atoms with van der Waals surface area (Å²) < 4.78 is 39.4. The minimum absolute atomic E-state index is 0.125. The first-order chi connectivity index (χ1) is 14.7. The highest BCUT2D eigenvalue weighted by Gasteiger charge is 2.35. The van der Waals surface area contributed by atoms with E-state index < -0.39 is 16.1 Å². The first kappa shape index (κ1) is 22.9. The number of hydrogen-bond donors (Lipinski definition) is 0. The van der Waals surface area contributed by atoms with Crippen LogP contribution in [0.2, 0.25) is 0 Å². The van der Waals surface area contributed by atoms with Crippen LogP contribution in [0.3, 0.4) is 0 Å². The molecule has 1 heterocycles. The van der Waals surface area contributed by atoms with Gasteiger partial charge in [0.1, 0.15) is 11.9 Å². The summed E-state index contributed by atoms with van der Waals surface area (Å²) in [6, 6.07) is 12.4. The molecule has 0 bridgehead atoms. The fourth-order valence-electron chi connectivity index (χ4n) is 3.47. The number of carbonyl (C=O) groups is 1. The van der Waals surface area contributed by atoms with Crippen molar-refractivity contribution in [3.8, 4) is 5.75 Å². The Morgan fingerprint density at radius 3 is 2.71 bits per heavy atom. The molecule has 0 saturated carbocycles. The van der Waals surface area contributed by atoms with E-state index in [1.165, 1.54) is 17.0 Å². The first-order valence-corrected chi connectivity index (χ1v) is 11.8. The lowest BCUT2D eigenvalue weighted by atomic mass is 10.1. The second kappa shape index (κ2) is 9.56. The number of hydrogen-bond acceptors (Lipinski definition) is 5. The molecule has 0 radical (unpaired) electrons. The van der Waals surface area contributed by atoms with Crippen molar-refractivity contribution in [3.63, 3.8) is 0 Å². The molecule has 0 aliphatic carbocycles. The van der Waals surface area contributed by atoms with E-state index in [2.05, 4.69) is 6.92 Å². The predicted molar refractivity (Wildman–Crippen MR) is 122 cm³/mol. The van der Waals surface area contributed by atoms with Crippen molar-refractivity contribution >= 4 is 27.8 Å². The molecule has 166 valence electrons. The van der Waals surface area contributed by atoms with Crippen LogP contribution in [-0.2, 0) is 19.6 Å². The summed E-state index contributed by atoms with van der Waals surface area (Å²) in [7, 11) is -2.47. The Bertz CT molecular complexity index is 1090. The summed E-state index contributed by atoms with van der Waals surface area (Å²) in [4.78, 5) is 11.8. The van der Waals surface area contributed by atoms with Gasteiger partial charge >= 0.3 is 5.97 Å². The number of allylic oxidation sites excluding steroid dienone is 1. The fraction of sp³-hybridized carbons (Fsp3) is 0.375. The number of benzene rings is 2. The van der Waals surface area contributed by atoms with Gasteiger partial charge in [-0.15, -0.1) is 0 Å². The van der Waals surface area contributed by atoms with Gasteiger partial charge in [-0.1, -0.05) is 36.8 Å². The van der Waals surface area contributed by atoms with Crippen LogP contribution in [-0.4, -0.2) is 34.1 Å². The maximum atomic E-state index is 13.6. The number of nitrogens with zero attached hydrogens (tertiary/aromatic N) is 1. The largest absolute Gasteiger partial charge is 0.486 e. The molecule has 1 atom stereocenters. The Morgan fingerprint density at radius 2 is 2.03 bits per heavy atom. The second-order valence-corrected chi connectivity index (χ2v) is 9.64. The molecule has 1 aliphatic heterocycles. The zero-order chi connectivity index (χ0) is 22.6. The summed E-state index contributed by atoms with van der Waals surface area (Å²) >= 11 is 0. The lowest BCUT2D eigenvalue weighted by Gasteiger charge is -2.35. The Hall–Kier alpha value is -2.80. The minimum Gasteiger partial charge on any atom is -0.486 e. The Morgan fingerprint density at radius 1 is 1.26 bits per heavy atom. The summed E-state index contributed by atoms with van der Waals surface area (Å²) in [5.41, 5.74) is 3.49. The van der Waals surface area contributed by atoms with Crippen molar-refractivity contribution in [1.29, 1.82) is 0 Å². The standard InChI is InChI=1S/C24H29NO5S/c1-5-17(2)13-19-9-11-23-22(15-19)25(16-20(30-23)10-12-24(26)29-4)31(27,28)21-8-6-7-18(3)14-21/h6-9,11,13-15,20H,5,10,12,16H2,1-4H3/b17-13-/t20-/m0/s1. The number of anilines is 1. The van der Waals surface area contributed by atoms with E-state index in [1.807, 2.05) is 38.1 Å². The van der Waals surface area contributed by atoms with Crippen molar-refractivity contribution in [3.05, 3.63) is 59.2 Å². The number of ether oxygens (including phenoxy) is 2. The molecule has 3 rings (SSSR count).